The number of likely N-dealkylation sites (N-methyl/N-ethyl adjacent to an activating group) is 1. The van der Waals surface area contributed by atoms with Crippen molar-refractivity contribution in [2.24, 2.45) is 23.7 Å². The molecular formula is C36H50ClN3O6S. The minimum absolute atomic E-state index is 0.123. The molecule has 1 saturated carbocycles. The number of rotatable bonds is 2. The summed E-state index contributed by atoms with van der Waals surface area (Å²) in [4.78, 5) is 15.9. The third-order valence-corrected chi connectivity index (χ3v) is 13.3. The highest BCUT2D eigenvalue weighted by Gasteiger charge is 2.43. The smallest absolute Gasteiger partial charge is 0.264 e. The molecule has 2 aromatic rings. The van der Waals surface area contributed by atoms with E-state index in [2.05, 4.69) is 14.9 Å². The van der Waals surface area contributed by atoms with Crippen molar-refractivity contribution in [1.29, 1.82) is 0 Å². The van der Waals surface area contributed by atoms with E-state index >= 15 is 0 Å². The fourth-order valence-electron chi connectivity index (χ4n) is 7.73. The summed E-state index contributed by atoms with van der Waals surface area (Å²) in [6.07, 6.45) is 7.33. The van der Waals surface area contributed by atoms with Crippen molar-refractivity contribution in [1.82, 2.24) is 10.0 Å². The van der Waals surface area contributed by atoms with Gasteiger partial charge in [-0.2, -0.15) is 0 Å². The van der Waals surface area contributed by atoms with E-state index in [-0.39, 0.29) is 24.2 Å². The summed E-state index contributed by atoms with van der Waals surface area (Å²) in [5.41, 5.74) is 3.41. The Morgan fingerprint density at radius 1 is 0.936 bits per heavy atom. The van der Waals surface area contributed by atoms with Crippen molar-refractivity contribution >= 4 is 33.2 Å². The lowest BCUT2D eigenvalue weighted by molar-refractivity contribution is -0.231. The molecule has 0 radical (unpaired) electrons. The molecular weight excluding hydrogens is 638 g/mol. The summed E-state index contributed by atoms with van der Waals surface area (Å²) in [6, 6.07) is 11.4. The van der Waals surface area contributed by atoms with Crippen molar-refractivity contribution in [2.75, 3.05) is 38.3 Å². The van der Waals surface area contributed by atoms with Crippen LogP contribution in [-0.2, 0) is 32.5 Å². The van der Waals surface area contributed by atoms with Crippen molar-refractivity contribution in [3.05, 3.63) is 58.1 Å². The Morgan fingerprint density at radius 2 is 1.74 bits per heavy atom. The molecule has 258 valence electrons. The average Bonchev–Trinajstić information content (AvgIpc) is 3.08. The first kappa shape index (κ1) is 34.5. The van der Waals surface area contributed by atoms with E-state index in [1.807, 2.05) is 44.3 Å². The summed E-state index contributed by atoms with van der Waals surface area (Å²) < 4.78 is 48.4. The first-order chi connectivity index (χ1) is 22.6. The second-order valence-corrected chi connectivity index (χ2v) is 16.5. The molecule has 2 bridgehead atoms. The average molecular weight is 688 g/mol. The summed E-state index contributed by atoms with van der Waals surface area (Å²) in [5.74, 6) is 1.03. The zero-order valence-electron chi connectivity index (χ0n) is 27.9. The second kappa shape index (κ2) is 15.0. The lowest BCUT2D eigenvalue weighted by atomic mass is 9.65. The number of halogens is 1. The van der Waals surface area contributed by atoms with Gasteiger partial charge in [-0.25, -0.2) is 13.1 Å². The SMILES string of the molecule is CN[C@H]1CO[C@@H]([C@@H]2CCC[C@H](C)[C@@H](C)S(=O)(=O)NC(=O)c3ccc4c(c3)N(CCCCc3cc(Cl)ccc3CO4)C[C@@H]3CC[C@H]32)OC1. The van der Waals surface area contributed by atoms with E-state index in [0.717, 1.165) is 80.7 Å². The summed E-state index contributed by atoms with van der Waals surface area (Å²) in [6.45, 7) is 6.88. The number of nitrogens with zero attached hydrogens (tertiary/aromatic N) is 1. The number of hydrogen-bond acceptors (Lipinski definition) is 8. The van der Waals surface area contributed by atoms with Gasteiger partial charge in [0.05, 0.1) is 30.2 Å². The number of aryl methyl sites for hydroxylation is 1. The number of carbonyl (C=O) groups excluding carboxylic acids is 1. The Balaban J connectivity index is 1.35. The lowest BCUT2D eigenvalue weighted by Gasteiger charge is -2.48. The fourth-order valence-corrected chi connectivity index (χ4v) is 9.23. The monoisotopic (exact) mass is 687 g/mol. The van der Waals surface area contributed by atoms with Crippen molar-refractivity contribution in [3.8, 4) is 5.75 Å². The Kier molecular flexibility index (Phi) is 11.0. The van der Waals surface area contributed by atoms with Crippen LogP contribution in [0.5, 0.6) is 5.75 Å². The van der Waals surface area contributed by atoms with Crippen LogP contribution >= 0.6 is 11.6 Å². The van der Waals surface area contributed by atoms with Crippen LogP contribution in [0.2, 0.25) is 5.02 Å². The van der Waals surface area contributed by atoms with Crippen LogP contribution in [0.15, 0.2) is 36.4 Å². The van der Waals surface area contributed by atoms with Crippen LogP contribution < -0.4 is 19.7 Å². The van der Waals surface area contributed by atoms with Gasteiger partial charge in [-0.15, -0.1) is 0 Å². The number of carbonyl (C=O) groups is 1. The van der Waals surface area contributed by atoms with Gasteiger partial charge in [0.2, 0.25) is 10.0 Å². The van der Waals surface area contributed by atoms with E-state index in [4.69, 9.17) is 25.8 Å². The maximum Gasteiger partial charge on any atom is 0.264 e. The molecule has 9 nitrogen and oxygen atoms in total. The largest absolute Gasteiger partial charge is 0.487 e. The molecule has 0 unspecified atom stereocenters. The maximum atomic E-state index is 13.5. The van der Waals surface area contributed by atoms with E-state index in [1.54, 1.807) is 13.0 Å². The van der Waals surface area contributed by atoms with Gasteiger partial charge >= 0.3 is 0 Å². The Hall–Kier alpha value is -2.37. The normalized spacial score (nSPS) is 32.0. The molecule has 4 aliphatic rings. The van der Waals surface area contributed by atoms with Gasteiger partial charge in [0.1, 0.15) is 12.4 Å². The van der Waals surface area contributed by atoms with Crippen LogP contribution in [0.3, 0.4) is 0 Å². The molecule has 1 amide bonds. The molecule has 5 atom stereocenters. The van der Waals surface area contributed by atoms with Gasteiger partial charge in [-0.05, 0) is 118 Å². The number of amides is 1. The molecule has 2 fully saturated rings. The minimum atomic E-state index is -3.90. The molecule has 0 aromatic heterocycles. The third-order valence-electron chi connectivity index (χ3n) is 11.1. The van der Waals surface area contributed by atoms with Gasteiger partial charge in [0, 0.05) is 29.6 Å². The molecule has 2 aromatic carbocycles. The van der Waals surface area contributed by atoms with Gasteiger partial charge in [-0.1, -0.05) is 31.0 Å². The van der Waals surface area contributed by atoms with Gasteiger partial charge in [-0.3, -0.25) is 4.79 Å². The molecule has 6 rings (SSSR count). The Bertz CT molecular complexity index is 1510. The summed E-state index contributed by atoms with van der Waals surface area (Å²) in [5, 5.41) is 3.26. The number of anilines is 1. The number of ether oxygens (including phenoxy) is 3. The zero-order valence-corrected chi connectivity index (χ0v) is 29.5. The van der Waals surface area contributed by atoms with Crippen molar-refractivity contribution < 1.29 is 27.4 Å². The number of sulfonamides is 1. The number of hydrogen-bond donors (Lipinski definition) is 2. The van der Waals surface area contributed by atoms with Gasteiger partial charge in [0.25, 0.3) is 5.91 Å². The third kappa shape index (κ3) is 7.93. The minimum Gasteiger partial charge on any atom is -0.487 e. The first-order valence-corrected chi connectivity index (χ1v) is 19.3. The quantitative estimate of drug-likeness (QED) is 0.400. The molecule has 3 heterocycles. The highest BCUT2D eigenvalue weighted by Crippen LogP contribution is 2.46. The van der Waals surface area contributed by atoms with Crippen LogP contribution in [0.1, 0.15) is 80.3 Å². The highest BCUT2D eigenvalue weighted by molar-refractivity contribution is 7.90. The van der Waals surface area contributed by atoms with E-state index in [1.165, 1.54) is 5.56 Å². The molecule has 1 aliphatic carbocycles. The molecule has 2 N–H and O–H groups in total. The summed E-state index contributed by atoms with van der Waals surface area (Å²) >= 11 is 6.37. The second-order valence-electron chi connectivity index (χ2n) is 14.1. The number of nitrogens with one attached hydrogen (secondary N) is 2. The van der Waals surface area contributed by atoms with E-state index < -0.39 is 21.2 Å². The van der Waals surface area contributed by atoms with Crippen LogP contribution in [0.25, 0.3) is 0 Å². The number of fused-ring (bicyclic) bond motifs is 3. The topological polar surface area (TPSA) is 106 Å². The molecule has 3 aliphatic heterocycles. The predicted octanol–water partition coefficient (Wildman–Crippen LogP) is 5.93. The van der Waals surface area contributed by atoms with Crippen LogP contribution in [-0.4, -0.2) is 65.3 Å². The fraction of sp³-hybridized carbons (Fsp3) is 0.639. The Morgan fingerprint density at radius 3 is 2.49 bits per heavy atom. The maximum absolute atomic E-state index is 13.5. The van der Waals surface area contributed by atoms with Crippen molar-refractivity contribution in [2.45, 2.75) is 89.4 Å². The van der Waals surface area contributed by atoms with E-state index in [0.29, 0.717) is 43.0 Å². The number of benzene rings is 2. The molecule has 0 spiro atoms. The first-order valence-electron chi connectivity index (χ1n) is 17.4. The Labute approximate surface area is 285 Å². The van der Waals surface area contributed by atoms with Crippen molar-refractivity contribution in [3.63, 3.8) is 0 Å². The zero-order chi connectivity index (χ0) is 33.1. The highest BCUT2D eigenvalue weighted by atomic mass is 35.5. The standard InChI is InChI=1S/C36H50ClN3O6S/c1-23-7-6-9-32(36-45-21-30(38-3)22-46-36)31-14-11-27(31)19-40-16-5-4-8-25-17-29(37)13-10-28(25)20-44-34-15-12-26(18-33(34)40)35(41)39-47(42,43)24(23)2/h10,12-13,15,17-18,23-24,27,30-32,36,38H,4-9,11,14,16,19-22H2,1-3H3,(H,39,41)/t23-,24+,27-,30-,31+,32+,36+/m0/s1. The molecule has 11 heteroatoms. The summed E-state index contributed by atoms with van der Waals surface area (Å²) in [7, 11) is -1.97. The van der Waals surface area contributed by atoms with Gasteiger partial charge in [0.15, 0.2) is 6.29 Å². The van der Waals surface area contributed by atoms with E-state index in [9.17, 15) is 13.2 Å². The lowest BCUT2D eigenvalue weighted by Crippen LogP contribution is -2.50. The molecule has 1 saturated heterocycles. The molecule has 47 heavy (non-hydrogen) atoms. The van der Waals surface area contributed by atoms with Crippen LogP contribution in [0.4, 0.5) is 5.69 Å². The van der Waals surface area contributed by atoms with Crippen LogP contribution in [0, 0.1) is 23.7 Å². The predicted molar refractivity (Wildman–Crippen MR) is 184 cm³/mol. The van der Waals surface area contributed by atoms with Gasteiger partial charge < -0.3 is 24.4 Å².